The summed E-state index contributed by atoms with van der Waals surface area (Å²) < 4.78 is 0.729. The van der Waals surface area contributed by atoms with Crippen molar-refractivity contribution in [3.05, 3.63) is 16.0 Å². The maximum absolute atomic E-state index is 5.89. The van der Waals surface area contributed by atoms with Gasteiger partial charge in [0.15, 0.2) is 0 Å². The second-order valence-electron chi connectivity index (χ2n) is 4.12. The molecule has 1 N–H and O–H groups in total. The minimum absolute atomic E-state index is 0.372. The highest BCUT2D eigenvalue weighted by molar-refractivity contribution is 9.10. The lowest BCUT2D eigenvalue weighted by Crippen LogP contribution is -2.19. The van der Waals surface area contributed by atoms with E-state index in [1.54, 1.807) is 0 Å². The van der Waals surface area contributed by atoms with Crippen molar-refractivity contribution in [3.63, 3.8) is 0 Å². The molecule has 0 aliphatic rings. The largest absolute Gasteiger partial charge is 0.367 e. The molecule has 0 aromatic carbocycles. The number of halogens is 2. The van der Waals surface area contributed by atoms with E-state index in [1.807, 2.05) is 0 Å². The zero-order valence-electron chi connectivity index (χ0n) is 9.80. The average molecular weight is 307 g/mol. The van der Waals surface area contributed by atoms with Crippen molar-refractivity contribution >= 4 is 33.3 Å². The fourth-order valence-electron chi connectivity index (χ4n) is 1.51. The van der Waals surface area contributed by atoms with Crippen molar-refractivity contribution in [2.45, 2.75) is 39.7 Å². The first-order chi connectivity index (χ1) is 7.54. The fraction of sp³-hybridized carbons (Fsp3) is 0.636. The lowest BCUT2D eigenvalue weighted by atomic mass is 10.0. The van der Waals surface area contributed by atoms with Crippen molar-refractivity contribution in [1.82, 2.24) is 9.97 Å². The van der Waals surface area contributed by atoms with Gasteiger partial charge in [0.25, 0.3) is 0 Å². The summed E-state index contributed by atoms with van der Waals surface area (Å²) in [5, 5.41) is 3.77. The Balaban J connectivity index is 2.62. The van der Waals surface area contributed by atoms with Crippen LogP contribution in [0.25, 0.3) is 0 Å². The molecule has 0 saturated carbocycles. The number of hydrogen-bond donors (Lipinski definition) is 1. The minimum Gasteiger partial charge on any atom is -0.367 e. The number of nitrogens with one attached hydrogen (secondary N) is 1. The van der Waals surface area contributed by atoms with Crippen LogP contribution in [0.15, 0.2) is 10.8 Å². The van der Waals surface area contributed by atoms with Crippen LogP contribution in [0.1, 0.15) is 33.6 Å². The minimum atomic E-state index is 0.372. The Kier molecular flexibility index (Phi) is 5.49. The summed E-state index contributed by atoms with van der Waals surface area (Å²) in [5.41, 5.74) is 0. The molecule has 1 aromatic heterocycles. The Morgan fingerprint density at radius 3 is 2.75 bits per heavy atom. The van der Waals surface area contributed by atoms with Gasteiger partial charge in [0.2, 0.25) is 0 Å². The normalized spacial score (nSPS) is 14.6. The van der Waals surface area contributed by atoms with Crippen LogP contribution in [0.3, 0.4) is 0 Å². The third-order valence-corrected chi connectivity index (χ3v) is 3.85. The standard InChI is InChI=1S/C11H17BrClN3/c1-4-7(2)5-8(3)16-11-9(12)10(13)14-6-15-11/h6-8H,4-5H2,1-3H3,(H,14,15,16). The molecule has 2 unspecified atom stereocenters. The third kappa shape index (κ3) is 3.91. The Morgan fingerprint density at radius 2 is 2.12 bits per heavy atom. The molecule has 1 aromatic rings. The van der Waals surface area contributed by atoms with E-state index < -0.39 is 0 Å². The molecule has 5 heteroatoms. The van der Waals surface area contributed by atoms with Gasteiger partial charge in [-0.15, -0.1) is 0 Å². The second kappa shape index (κ2) is 6.40. The molecule has 1 rings (SSSR count). The molecule has 2 atom stereocenters. The van der Waals surface area contributed by atoms with Gasteiger partial charge in [0, 0.05) is 6.04 Å². The van der Waals surface area contributed by atoms with Crippen LogP contribution >= 0.6 is 27.5 Å². The highest BCUT2D eigenvalue weighted by Crippen LogP contribution is 2.27. The van der Waals surface area contributed by atoms with Gasteiger partial charge >= 0.3 is 0 Å². The summed E-state index contributed by atoms with van der Waals surface area (Å²) in [4.78, 5) is 8.05. The van der Waals surface area contributed by atoms with E-state index in [0.717, 1.165) is 16.7 Å². The molecule has 0 fully saturated rings. The van der Waals surface area contributed by atoms with Gasteiger partial charge in [0.05, 0.1) is 4.47 Å². The molecule has 0 radical (unpaired) electrons. The van der Waals surface area contributed by atoms with Crippen LogP contribution in [0.4, 0.5) is 5.82 Å². The predicted molar refractivity (Wildman–Crippen MR) is 71.9 cm³/mol. The van der Waals surface area contributed by atoms with Gasteiger partial charge in [0.1, 0.15) is 17.3 Å². The first kappa shape index (κ1) is 13.7. The SMILES string of the molecule is CCC(C)CC(C)Nc1ncnc(Cl)c1Br. The van der Waals surface area contributed by atoms with E-state index in [9.17, 15) is 0 Å². The Labute approximate surface area is 110 Å². The van der Waals surface area contributed by atoms with Gasteiger partial charge in [-0.05, 0) is 35.2 Å². The molecule has 90 valence electrons. The predicted octanol–water partition coefficient (Wildman–Crippen LogP) is 4.13. The highest BCUT2D eigenvalue weighted by Gasteiger charge is 2.11. The molecule has 0 aliphatic heterocycles. The van der Waals surface area contributed by atoms with Crippen LogP contribution < -0.4 is 5.32 Å². The van der Waals surface area contributed by atoms with Crippen molar-refractivity contribution in [3.8, 4) is 0 Å². The van der Waals surface area contributed by atoms with Gasteiger partial charge in [-0.3, -0.25) is 0 Å². The molecule has 16 heavy (non-hydrogen) atoms. The number of hydrogen-bond acceptors (Lipinski definition) is 3. The van der Waals surface area contributed by atoms with E-state index in [2.05, 4.69) is 52.0 Å². The van der Waals surface area contributed by atoms with Gasteiger partial charge in [-0.2, -0.15) is 0 Å². The van der Waals surface area contributed by atoms with E-state index in [-0.39, 0.29) is 0 Å². The lowest BCUT2D eigenvalue weighted by Gasteiger charge is -2.18. The fourth-order valence-corrected chi connectivity index (χ4v) is 1.96. The average Bonchev–Trinajstić information content (AvgIpc) is 2.24. The summed E-state index contributed by atoms with van der Waals surface area (Å²) in [5.74, 6) is 1.47. The highest BCUT2D eigenvalue weighted by atomic mass is 79.9. The second-order valence-corrected chi connectivity index (χ2v) is 5.27. The van der Waals surface area contributed by atoms with Crippen LogP contribution in [-0.2, 0) is 0 Å². The summed E-state index contributed by atoms with van der Waals surface area (Å²) >= 11 is 9.26. The van der Waals surface area contributed by atoms with E-state index in [4.69, 9.17) is 11.6 Å². The Hall–Kier alpha value is -0.350. The van der Waals surface area contributed by atoms with E-state index in [0.29, 0.717) is 17.1 Å². The van der Waals surface area contributed by atoms with Crippen molar-refractivity contribution < 1.29 is 0 Å². The summed E-state index contributed by atoms with van der Waals surface area (Å²) in [7, 11) is 0. The van der Waals surface area contributed by atoms with Crippen molar-refractivity contribution in [2.24, 2.45) is 5.92 Å². The summed E-state index contributed by atoms with van der Waals surface area (Å²) in [6, 6.07) is 0.372. The molecule has 3 nitrogen and oxygen atoms in total. The summed E-state index contributed by atoms with van der Waals surface area (Å²) in [6.07, 6.45) is 3.77. The molecule has 1 heterocycles. The molecule has 0 bridgehead atoms. The zero-order valence-corrected chi connectivity index (χ0v) is 12.1. The lowest BCUT2D eigenvalue weighted by molar-refractivity contribution is 0.483. The van der Waals surface area contributed by atoms with Crippen molar-refractivity contribution in [2.75, 3.05) is 5.32 Å². The van der Waals surface area contributed by atoms with Gasteiger partial charge in [-0.25, -0.2) is 9.97 Å². The molecular formula is C11H17BrClN3. The Bertz CT molecular complexity index is 346. The number of aromatic nitrogens is 2. The number of anilines is 1. The molecule has 0 saturated heterocycles. The van der Waals surface area contributed by atoms with Crippen molar-refractivity contribution in [1.29, 1.82) is 0 Å². The molecule has 0 aliphatic carbocycles. The van der Waals surface area contributed by atoms with Gasteiger partial charge < -0.3 is 5.32 Å². The quantitative estimate of drug-likeness (QED) is 0.831. The Morgan fingerprint density at radius 1 is 1.44 bits per heavy atom. The summed E-state index contributed by atoms with van der Waals surface area (Å²) in [6.45, 7) is 6.60. The number of rotatable bonds is 5. The number of nitrogens with zero attached hydrogens (tertiary/aromatic N) is 2. The van der Waals surface area contributed by atoms with Crippen LogP contribution in [-0.4, -0.2) is 16.0 Å². The molecule has 0 amide bonds. The van der Waals surface area contributed by atoms with Gasteiger partial charge in [-0.1, -0.05) is 31.9 Å². The monoisotopic (exact) mass is 305 g/mol. The molecule has 0 spiro atoms. The van der Waals surface area contributed by atoms with Crippen LogP contribution in [0.2, 0.25) is 5.15 Å². The maximum atomic E-state index is 5.89. The topological polar surface area (TPSA) is 37.8 Å². The first-order valence-electron chi connectivity index (χ1n) is 5.47. The first-order valence-corrected chi connectivity index (χ1v) is 6.64. The molecular weight excluding hydrogens is 289 g/mol. The maximum Gasteiger partial charge on any atom is 0.148 e. The third-order valence-electron chi connectivity index (χ3n) is 2.58. The van der Waals surface area contributed by atoms with Crippen LogP contribution in [0, 0.1) is 5.92 Å². The van der Waals surface area contributed by atoms with E-state index in [1.165, 1.54) is 12.7 Å². The smallest absolute Gasteiger partial charge is 0.148 e. The van der Waals surface area contributed by atoms with Crippen LogP contribution in [0.5, 0.6) is 0 Å². The van der Waals surface area contributed by atoms with E-state index >= 15 is 0 Å². The zero-order chi connectivity index (χ0) is 12.1.